The zero-order chi connectivity index (χ0) is 16.0. The third-order valence-corrected chi connectivity index (χ3v) is 5.40. The van der Waals surface area contributed by atoms with E-state index in [9.17, 15) is 9.90 Å². The van der Waals surface area contributed by atoms with Crippen LogP contribution in [0.4, 0.5) is 0 Å². The first kappa shape index (κ1) is 19.5. The van der Waals surface area contributed by atoms with Gasteiger partial charge in [0.25, 0.3) is 0 Å². The molecule has 0 aromatic carbocycles. The molecule has 0 aromatic heterocycles. The Bertz CT molecular complexity index is 269. The van der Waals surface area contributed by atoms with Gasteiger partial charge in [0.1, 0.15) is 0 Å². The smallest absolute Gasteiger partial charge is 0.306 e. The largest absolute Gasteiger partial charge is 0.481 e. The molecule has 1 fully saturated rings. The fourth-order valence-electron chi connectivity index (χ4n) is 3.83. The molecule has 0 bridgehead atoms. The van der Waals surface area contributed by atoms with Crippen molar-refractivity contribution in [1.82, 2.24) is 0 Å². The lowest BCUT2D eigenvalue weighted by Crippen LogP contribution is -2.15. The quantitative estimate of drug-likeness (QED) is 0.368. The van der Waals surface area contributed by atoms with E-state index in [-0.39, 0.29) is 5.92 Å². The molecular formula is C20H38O2. The minimum atomic E-state index is -0.558. The van der Waals surface area contributed by atoms with Gasteiger partial charge in [0.15, 0.2) is 0 Å². The topological polar surface area (TPSA) is 37.3 Å². The molecule has 130 valence electrons. The van der Waals surface area contributed by atoms with Crippen LogP contribution in [0.5, 0.6) is 0 Å². The fourth-order valence-corrected chi connectivity index (χ4v) is 3.83. The van der Waals surface area contributed by atoms with Crippen molar-refractivity contribution < 1.29 is 9.90 Å². The molecule has 1 N–H and O–H groups in total. The summed E-state index contributed by atoms with van der Waals surface area (Å²) in [5.41, 5.74) is 0. The predicted octanol–water partition coefficient (Wildman–Crippen LogP) is 6.58. The maximum Gasteiger partial charge on any atom is 0.306 e. The fraction of sp³-hybridized carbons (Fsp3) is 0.950. The van der Waals surface area contributed by atoms with Crippen molar-refractivity contribution in [3.63, 3.8) is 0 Å². The Hall–Kier alpha value is -0.530. The molecule has 0 amide bonds. The maximum atomic E-state index is 11.4. The van der Waals surface area contributed by atoms with Crippen LogP contribution in [0.15, 0.2) is 0 Å². The van der Waals surface area contributed by atoms with E-state index in [4.69, 9.17) is 0 Å². The average molecular weight is 311 g/mol. The molecule has 2 nitrogen and oxygen atoms in total. The molecule has 0 saturated heterocycles. The molecule has 2 heteroatoms. The van der Waals surface area contributed by atoms with Crippen molar-refractivity contribution in [2.75, 3.05) is 0 Å². The van der Waals surface area contributed by atoms with E-state index in [1.54, 1.807) is 0 Å². The molecule has 1 atom stereocenters. The van der Waals surface area contributed by atoms with Crippen molar-refractivity contribution in [2.45, 2.75) is 110 Å². The number of hydrogen-bond donors (Lipinski definition) is 1. The molecule has 1 saturated carbocycles. The highest BCUT2D eigenvalue weighted by molar-refractivity contribution is 5.69. The summed E-state index contributed by atoms with van der Waals surface area (Å²) in [6.45, 7) is 2.26. The van der Waals surface area contributed by atoms with E-state index in [1.165, 1.54) is 77.0 Å². The number of hydrogen-bond acceptors (Lipinski definition) is 1. The summed E-state index contributed by atoms with van der Waals surface area (Å²) in [5, 5.41) is 9.37. The van der Waals surface area contributed by atoms with Gasteiger partial charge in [-0.3, -0.25) is 4.79 Å². The summed E-state index contributed by atoms with van der Waals surface area (Å²) >= 11 is 0. The van der Waals surface area contributed by atoms with Gasteiger partial charge in [-0.05, 0) is 25.2 Å². The van der Waals surface area contributed by atoms with Crippen LogP contribution in [0.3, 0.4) is 0 Å². The van der Waals surface area contributed by atoms with Crippen molar-refractivity contribution in [1.29, 1.82) is 0 Å². The van der Waals surface area contributed by atoms with E-state index in [1.807, 2.05) is 0 Å². The Labute approximate surface area is 138 Å². The van der Waals surface area contributed by atoms with Crippen LogP contribution in [-0.2, 0) is 4.79 Å². The third-order valence-electron chi connectivity index (χ3n) is 5.40. The first-order valence-electron chi connectivity index (χ1n) is 9.96. The number of unbranched alkanes of at least 4 members (excludes halogenated alkanes) is 8. The third kappa shape index (κ3) is 9.48. The van der Waals surface area contributed by atoms with Gasteiger partial charge >= 0.3 is 5.97 Å². The number of carbonyl (C=O) groups is 1. The highest BCUT2D eigenvalue weighted by Crippen LogP contribution is 2.30. The van der Waals surface area contributed by atoms with Gasteiger partial charge in [-0.2, -0.15) is 0 Å². The monoisotopic (exact) mass is 310 g/mol. The average Bonchev–Trinajstić information content (AvgIpc) is 3.01. The second-order valence-electron chi connectivity index (χ2n) is 7.38. The Kier molecular flexibility index (Phi) is 11.5. The summed E-state index contributed by atoms with van der Waals surface area (Å²) in [7, 11) is 0. The van der Waals surface area contributed by atoms with Crippen LogP contribution < -0.4 is 0 Å². The summed E-state index contributed by atoms with van der Waals surface area (Å²) in [4.78, 5) is 11.4. The van der Waals surface area contributed by atoms with E-state index >= 15 is 0 Å². The minimum Gasteiger partial charge on any atom is -0.481 e. The lowest BCUT2D eigenvalue weighted by Gasteiger charge is -2.15. The Morgan fingerprint density at radius 3 is 2.00 bits per heavy atom. The molecule has 0 aliphatic heterocycles. The van der Waals surface area contributed by atoms with Crippen LogP contribution in [0.1, 0.15) is 110 Å². The van der Waals surface area contributed by atoms with E-state index in [2.05, 4.69) is 6.92 Å². The second kappa shape index (κ2) is 13.0. The lowest BCUT2D eigenvalue weighted by molar-refractivity contribution is -0.142. The lowest BCUT2D eigenvalue weighted by atomic mass is 9.91. The van der Waals surface area contributed by atoms with Crippen molar-refractivity contribution in [3.05, 3.63) is 0 Å². The SMILES string of the molecule is CCCCCCCCCCCC(CCC1CCCC1)C(=O)O. The van der Waals surface area contributed by atoms with Gasteiger partial charge in [-0.1, -0.05) is 90.4 Å². The van der Waals surface area contributed by atoms with Crippen LogP contribution in [0.2, 0.25) is 0 Å². The van der Waals surface area contributed by atoms with Gasteiger partial charge in [-0.25, -0.2) is 0 Å². The van der Waals surface area contributed by atoms with Crippen LogP contribution in [-0.4, -0.2) is 11.1 Å². The molecule has 0 heterocycles. The number of carboxylic acids is 1. The zero-order valence-corrected chi connectivity index (χ0v) is 14.8. The number of rotatable bonds is 14. The zero-order valence-electron chi connectivity index (χ0n) is 14.8. The van der Waals surface area contributed by atoms with Crippen LogP contribution >= 0.6 is 0 Å². The van der Waals surface area contributed by atoms with Gasteiger partial charge in [0.2, 0.25) is 0 Å². The normalized spacial score (nSPS) is 17.0. The first-order chi connectivity index (χ1) is 10.7. The van der Waals surface area contributed by atoms with Crippen molar-refractivity contribution in [3.8, 4) is 0 Å². The van der Waals surface area contributed by atoms with Gasteiger partial charge in [-0.15, -0.1) is 0 Å². The van der Waals surface area contributed by atoms with Gasteiger partial charge < -0.3 is 5.11 Å². The molecule has 1 unspecified atom stereocenters. The summed E-state index contributed by atoms with van der Waals surface area (Å²) in [6, 6.07) is 0. The molecule has 0 spiro atoms. The molecular weight excluding hydrogens is 272 g/mol. The molecule has 0 radical (unpaired) electrons. The summed E-state index contributed by atoms with van der Waals surface area (Å²) in [6.07, 6.45) is 20.1. The van der Waals surface area contributed by atoms with Gasteiger partial charge in [0.05, 0.1) is 5.92 Å². The highest BCUT2D eigenvalue weighted by atomic mass is 16.4. The Morgan fingerprint density at radius 2 is 1.45 bits per heavy atom. The molecule has 0 aromatic rings. The van der Waals surface area contributed by atoms with E-state index in [0.29, 0.717) is 0 Å². The van der Waals surface area contributed by atoms with Crippen LogP contribution in [0.25, 0.3) is 0 Å². The highest BCUT2D eigenvalue weighted by Gasteiger charge is 2.21. The van der Waals surface area contributed by atoms with Crippen LogP contribution in [0, 0.1) is 11.8 Å². The molecule has 1 aliphatic rings. The Morgan fingerprint density at radius 1 is 0.909 bits per heavy atom. The molecule has 1 aliphatic carbocycles. The van der Waals surface area contributed by atoms with Crippen molar-refractivity contribution in [2.24, 2.45) is 11.8 Å². The van der Waals surface area contributed by atoms with E-state index in [0.717, 1.165) is 31.6 Å². The summed E-state index contributed by atoms with van der Waals surface area (Å²) in [5.74, 6) is 0.188. The Balaban J connectivity index is 1.98. The first-order valence-corrected chi connectivity index (χ1v) is 9.96. The number of carboxylic acid groups (broad SMARTS) is 1. The summed E-state index contributed by atoms with van der Waals surface area (Å²) < 4.78 is 0. The maximum absolute atomic E-state index is 11.4. The van der Waals surface area contributed by atoms with Crippen molar-refractivity contribution >= 4 is 5.97 Å². The molecule has 22 heavy (non-hydrogen) atoms. The standard InChI is InChI=1S/C20H38O2/c1-2-3-4-5-6-7-8-9-10-15-19(20(21)22)17-16-18-13-11-12-14-18/h18-19H,2-17H2,1H3,(H,21,22). The minimum absolute atomic E-state index is 0.0786. The van der Waals surface area contributed by atoms with E-state index < -0.39 is 5.97 Å². The predicted molar refractivity (Wildman–Crippen MR) is 94.2 cm³/mol. The number of aliphatic carboxylic acids is 1. The van der Waals surface area contributed by atoms with Gasteiger partial charge in [0, 0.05) is 0 Å². The molecule has 1 rings (SSSR count). The second-order valence-corrected chi connectivity index (χ2v) is 7.38.